The first-order valence-electron chi connectivity index (χ1n) is 15.3. The van der Waals surface area contributed by atoms with Crippen LogP contribution in [0.5, 0.6) is 5.75 Å². The van der Waals surface area contributed by atoms with Gasteiger partial charge >= 0.3 is 5.97 Å². The average molecular weight is 580 g/mol. The molecule has 2 aromatic carbocycles. The monoisotopic (exact) mass is 579 g/mol. The van der Waals surface area contributed by atoms with E-state index >= 15 is 0 Å². The first kappa shape index (κ1) is 31.5. The number of aliphatic hydroxyl groups is 1. The Hall–Kier alpha value is -3.43. The summed E-state index contributed by atoms with van der Waals surface area (Å²) < 4.78 is 5.80. The number of piperidine rings is 1. The highest BCUT2D eigenvalue weighted by Gasteiger charge is 2.55. The second-order valence-corrected chi connectivity index (χ2v) is 11.6. The number of amides is 2. The summed E-state index contributed by atoms with van der Waals surface area (Å²) in [5, 5.41) is 23.0. The lowest BCUT2D eigenvalue weighted by molar-refractivity contribution is -0.165. The van der Waals surface area contributed by atoms with Crippen molar-refractivity contribution in [2.75, 3.05) is 19.6 Å². The van der Waals surface area contributed by atoms with Crippen LogP contribution in [0.4, 0.5) is 0 Å². The number of carbonyl (C=O) groups excluding carboxylic acids is 2. The number of benzene rings is 2. The van der Waals surface area contributed by atoms with Crippen molar-refractivity contribution in [3.63, 3.8) is 0 Å². The second kappa shape index (κ2) is 14.2. The van der Waals surface area contributed by atoms with Crippen molar-refractivity contribution >= 4 is 17.8 Å². The van der Waals surface area contributed by atoms with Crippen LogP contribution in [0.25, 0.3) is 0 Å². The van der Waals surface area contributed by atoms with Crippen LogP contribution in [0.2, 0.25) is 0 Å². The number of carbonyl (C=O) groups is 3. The van der Waals surface area contributed by atoms with E-state index < -0.39 is 23.7 Å². The van der Waals surface area contributed by atoms with Gasteiger partial charge in [0.05, 0.1) is 11.7 Å². The number of ether oxygens (including phenoxy) is 1. The van der Waals surface area contributed by atoms with Gasteiger partial charge in [-0.1, -0.05) is 64.3 Å². The molecule has 2 amide bonds. The van der Waals surface area contributed by atoms with Crippen molar-refractivity contribution < 1.29 is 29.3 Å². The van der Waals surface area contributed by atoms with Gasteiger partial charge in [0.1, 0.15) is 23.9 Å². The lowest BCUT2D eigenvalue weighted by Crippen LogP contribution is -2.75. The van der Waals surface area contributed by atoms with Crippen LogP contribution in [0.15, 0.2) is 48.5 Å². The van der Waals surface area contributed by atoms with Gasteiger partial charge in [-0.3, -0.25) is 14.5 Å². The molecule has 1 spiro atoms. The van der Waals surface area contributed by atoms with Gasteiger partial charge < -0.3 is 25.2 Å². The second-order valence-electron chi connectivity index (χ2n) is 11.6. The predicted molar refractivity (Wildman–Crippen MR) is 160 cm³/mol. The third-order valence-corrected chi connectivity index (χ3v) is 8.99. The molecule has 0 saturated carbocycles. The number of hydrogen-bond acceptors (Lipinski definition) is 6. The normalized spacial score (nSPS) is 19.6. The van der Waals surface area contributed by atoms with Crippen LogP contribution in [0, 0.1) is 5.92 Å². The van der Waals surface area contributed by atoms with Gasteiger partial charge in [-0.05, 0) is 60.6 Å². The average Bonchev–Trinajstić information content (AvgIpc) is 3.00. The molecule has 9 heteroatoms. The SMILES string of the molecule is CCCCN1C(=O)[C@@H]([C@H](O)C(CC)CC)NC(=O)C12CCN(Cc1ccc(COc3ccc(C(=O)O)cc3)cc1)CC2. The highest BCUT2D eigenvalue weighted by atomic mass is 16.5. The Morgan fingerprint density at radius 3 is 2.19 bits per heavy atom. The van der Waals surface area contributed by atoms with Crippen LogP contribution in [0.1, 0.15) is 80.8 Å². The molecule has 2 heterocycles. The molecule has 2 aromatic rings. The van der Waals surface area contributed by atoms with E-state index in [-0.39, 0.29) is 23.3 Å². The van der Waals surface area contributed by atoms with Crippen molar-refractivity contribution in [3.8, 4) is 5.75 Å². The molecule has 2 fully saturated rings. The molecule has 2 atom stereocenters. The fourth-order valence-corrected chi connectivity index (χ4v) is 6.19. The van der Waals surface area contributed by atoms with Crippen LogP contribution in [-0.4, -0.2) is 75.1 Å². The number of carboxylic acid groups (broad SMARTS) is 1. The van der Waals surface area contributed by atoms with Crippen molar-refractivity contribution in [1.82, 2.24) is 15.1 Å². The topological polar surface area (TPSA) is 119 Å². The van der Waals surface area contributed by atoms with E-state index in [0.717, 1.165) is 43.4 Å². The van der Waals surface area contributed by atoms with Gasteiger partial charge in [0.25, 0.3) is 0 Å². The number of aromatic carboxylic acids is 1. The molecular weight excluding hydrogens is 534 g/mol. The molecule has 9 nitrogen and oxygen atoms in total. The fraction of sp³-hybridized carbons (Fsp3) is 0.545. The lowest BCUT2D eigenvalue weighted by Gasteiger charge is -2.52. The van der Waals surface area contributed by atoms with Crippen molar-refractivity contribution in [2.24, 2.45) is 5.92 Å². The number of hydrogen-bond donors (Lipinski definition) is 3. The summed E-state index contributed by atoms with van der Waals surface area (Å²) in [5.74, 6) is -0.667. The maximum absolute atomic E-state index is 13.7. The minimum absolute atomic E-state index is 0.0357. The van der Waals surface area contributed by atoms with Crippen LogP contribution >= 0.6 is 0 Å². The molecule has 0 aromatic heterocycles. The summed E-state index contributed by atoms with van der Waals surface area (Å²) >= 11 is 0. The molecule has 0 bridgehead atoms. The van der Waals surface area contributed by atoms with Gasteiger partial charge in [-0.2, -0.15) is 0 Å². The highest BCUT2D eigenvalue weighted by Crippen LogP contribution is 2.35. The molecule has 228 valence electrons. The molecule has 0 unspecified atom stereocenters. The maximum Gasteiger partial charge on any atom is 0.335 e. The minimum atomic E-state index is -0.966. The molecule has 2 aliphatic rings. The highest BCUT2D eigenvalue weighted by molar-refractivity contribution is 6.00. The third-order valence-electron chi connectivity index (χ3n) is 8.99. The Morgan fingerprint density at radius 1 is 1.00 bits per heavy atom. The van der Waals surface area contributed by atoms with E-state index in [1.807, 2.05) is 26.0 Å². The summed E-state index contributed by atoms with van der Waals surface area (Å²) in [5.41, 5.74) is 1.52. The zero-order chi connectivity index (χ0) is 30.3. The van der Waals surface area contributed by atoms with Gasteiger partial charge in [0.15, 0.2) is 0 Å². The lowest BCUT2D eigenvalue weighted by atomic mass is 9.79. The molecule has 4 rings (SSSR count). The maximum atomic E-state index is 13.7. The van der Waals surface area contributed by atoms with Crippen LogP contribution in [0.3, 0.4) is 0 Å². The molecule has 2 saturated heterocycles. The number of piperazine rings is 1. The largest absolute Gasteiger partial charge is 0.489 e. The molecular formula is C33H45N3O6. The number of aliphatic hydroxyl groups excluding tert-OH is 1. The first-order valence-corrected chi connectivity index (χ1v) is 15.3. The molecule has 42 heavy (non-hydrogen) atoms. The minimum Gasteiger partial charge on any atom is -0.489 e. The molecule has 0 radical (unpaired) electrons. The predicted octanol–water partition coefficient (Wildman–Crippen LogP) is 4.22. The zero-order valence-electron chi connectivity index (χ0n) is 25.1. The van der Waals surface area contributed by atoms with Crippen LogP contribution < -0.4 is 10.1 Å². The summed E-state index contributed by atoms with van der Waals surface area (Å²) in [6.45, 7) is 9.13. The van der Waals surface area contributed by atoms with E-state index in [1.165, 1.54) is 12.1 Å². The quantitative estimate of drug-likeness (QED) is 0.325. The van der Waals surface area contributed by atoms with Crippen LogP contribution in [-0.2, 0) is 22.7 Å². The van der Waals surface area contributed by atoms with E-state index in [0.29, 0.717) is 44.8 Å². The van der Waals surface area contributed by atoms with E-state index in [4.69, 9.17) is 9.84 Å². The van der Waals surface area contributed by atoms with Gasteiger partial charge in [-0.15, -0.1) is 0 Å². The van der Waals surface area contributed by atoms with E-state index in [9.17, 15) is 19.5 Å². The summed E-state index contributed by atoms with van der Waals surface area (Å²) in [4.78, 5) is 42.5. The Bertz CT molecular complexity index is 1200. The van der Waals surface area contributed by atoms with E-state index in [2.05, 4.69) is 29.3 Å². The number of nitrogens with zero attached hydrogens (tertiary/aromatic N) is 2. The van der Waals surface area contributed by atoms with Crippen molar-refractivity contribution in [1.29, 1.82) is 0 Å². The number of likely N-dealkylation sites (tertiary alicyclic amines) is 1. The fourth-order valence-electron chi connectivity index (χ4n) is 6.19. The van der Waals surface area contributed by atoms with Crippen molar-refractivity contribution in [3.05, 3.63) is 65.2 Å². The summed E-state index contributed by atoms with van der Waals surface area (Å²) in [6, 6.07) is 13.7. The van der Waals surface area contributed by atoms with Gasteiger partial charge in [-0.25, -0.2) is 4.79 Å². The van der Waals surface area contributed by atoms with Gasteiger partial charge in [0, 0.05) is 26.2 Å². The molecule has 2 aliphatic heterocycles. The number of nitrogens with one attached hydrogen (secondary N) is 1. The number of unbranched alkanes of at least 4 members (excludes halogenated alkanes) is 1. The third kappa shape index (κ3) is 6.95. The smallest absolute Gasteiger partial charge is 0.335 e. The summed E-state index contributed by atoms with van der Waals surface area (Å²) in [6.07, 6.45) is 3.49. The Kier molecular flexibility index (Phi) is 10.6. The number of rotatable bonds is 13. The molecule has 0 aliphatic carbocycles. The molecule has 3 N–H and O–H groups in total. The zero-order valence-corrected chi connectivity index (χ0v) is 25.1. The first-order chi connectivity index (χ1) is 20.2. The Balaban J connectivity index is 1.35. The van der Waals surface area contributed by atoms with Crippen molar-refractivity contribution in [2.45, 2.75) is 90.1 Å². The number of carboxylic acids is 1. The Labute approximate surface area is 248 Å². The standard InChI is InChI=1S/C33H45N3O6/c1-4-7-18-36-30(38)28(29(37)25(5-2)6-3)34-32(41)33(36)16-19-35(20-17-33)21-23-8-10-24(11-9-23)22-42-27-14-12-26(13-15-27)31(39)40/h8-15,25,28-29,37H,4-7,16-22H2,1-3H3,(H,34,41)(H,39,40)/t28-,29-/m1/s1. The summed E-state index contributed by atoms with van der Waals surface area (Å²) in [7, 11) is 0. The van der Waals surface area contributed by atoms with E-state index in [1.54, 1.807) is 17.0 Å². The Morgan fingerprint density at radius 2 is 1.62 bits per heavy atom. The van der Waals surface area contributed by atoms with Gasteiger partial charge in [0.2, 0.25) is 11.8 Å².